The van der Waals surface area contributed by atoms with Crippen LogP contribution >= 0.6 is 0 Å². The molecule has 2 heterocycles. The number of ether oxygens (including phenoxy) is 1. The molecule has 0 radical (unpaired) electrons. The van der Waals surface area contributed by atoms with Gasteiger partial charge in [0.05, 0.1) is 11.5 Å². The molecular formula is C14H17NO3S. The zero-order valence-corrected chi connectivity index (χ0v) is 11.6. The third-order valence-corrected chi connectivity index (χ3v) is 6.29. The second kappa shape index (κ2) is 3.73. The van der Waals surface area contributed by atoms with Gasteiger partial charge in [-0.05, 0) is 54.9 Å². The van der Waals surface area contributed by atoms with E-state index in [4.69, 9.17) is 4.74 Å². The van der Waals surface area contributed by atoms with Crippen molar-refractivity contribution < 1.29 is 13.2 Å². The summed E-state index contributed by atoms with van der Waals surface area (Å²) in [5.74, 6) is 0.840. The fourth-order valence-corrected chi connectivity index (χ4v) is 4.73. The lowest BCUT2D eigenvalue weighted by Gasteiger charge is -2.38. The predicted octanol–water partition coefficient (Wildman–Crippen LogP) is 1.80. The van der Waals surface area contributed by atoms with Crippen LogP contribution in [0.2, 0.25) is 0 Å². The summed E-state index contributed by atoms with van der Waals surface area (Å²) in [6, 6.07) is 5.27. The summed E-state index contributed by atoms with van der Waals surface area (Å²) in [4.78, 5) is 0.423. The average molecular weight is 279 g/mol. The molecule has 2 aliphatic heterocycles. The zero-order chi connectivity index (χ0) is 13.1. The Kier molecular flexibility index (Phi) is 2.30. The average Bonchev–Trinajstić information content (AvgIpc) is 3.17. The van der Waals surface area contributed by atoms with Gasteiger partial charge in [0.15, 0.2) is 0 Å². The van der Waals surface area contributed by atoms with Crippen LogP contribution in [0.25, 0.3) is 0 Å². The summed E-state index contributed by atoms with van der Waals surface area (Å²) < 4.78 is 32.1. The topological polar surface area (TPSA) is 46.6 Å². The van der Waals surface area contributed by atoms with E-state index in [9.17, 15) is 8.42 Å². The highest BCUT2D eigenvalue weighted by molar-refractivity contribution is 7.89. The van der Waals surface area contributed by atoms with Crippen molar-refractivity contribution in [3.63, 3.8) is 0 Å². The van der Waals surface area contributed by atoms with E-state index in [-0.39, 0.29) is 0 Å². The monoisotopic (exact) mass is 279 g/mol. The van der Waals surface area contributed by atoms with Crippen LogP contribution in [0.3, 0.4) is 0 Å². The second-order valence-electron chi connectivity index (χ2n) is 5.99. The molecule has 0 aromatic heterocycles. The highest BCUT2D eigenvalue weighted by Crippen LogP contribution is 2.54. The molecular weight excluding hydrogens is 262 g/mol. The van der Waals surface area contributed by atoms with E-state index in [2.05, 4.69) is 0 Å². The van der Waals surface area contributed by atoms with Crippen LogP contribution in [-0.2, 0) is 16.4 Å². The molecule has 0 bridgehead atoms. The summed E-state index contributed by atoms with van der Waals surface area (Å²) >= 11 is 0. The first-order valence-corrected chi connectivity index (χ1v) is 8.29. The Morgan fingerprint density at radius 2 is 2.00 bits per heavy atom. The van der Waals surface area contributed by atoms with Gasteiger partial charge in [0.25, 0.3) is 0 Å². The molecule has 0 N–H and O–H groups in total. The van der Waals surface area contributed by atoms with E-state index in [0.717, 1.165) is 30.8 Å². The highest BCUT2D eigenvalue weighted by atomic mass is 32.2. The standard InChI is InChI=1S/C14H17NO3S/c16-19(17,15-9-14(10-15)5-6-14)12-3-4-13-11(8-12)2-1-7-18-13/h3-4,8H,1-2,5-7,9-10H2. The van der Waals surface area contributed by atoms with Gasteiger partial charge in [0.2, 0.25) is 10.0 Å². The Bertz CT molecular complexity index is 626. The number of nitrogens with zero attached hydrogens (tertiary/aromatic N) is 1. The first kappa shape index (κ1) is 11.7. The van der Waals surface area contributed by atoms with Crippen LogP contribution in [0.4, 0.5) is 0 Å². The molecule has 5 heteroatoms. The van der Waals surface area contributed by atoms with Gasteiger partial charge in [-0.2, -0.15) is 4.31 Å². The minimum Gasteiger partial charge on any atom is -0.493 e. The highest BCUT2D eigenvalue weighted by Gasteiger charge is 2.55. The van der Waals surface area contributed by atoms with Crippen molar-refractivity contribution in [1.29, 1.82) is 0 Å². The van der Waals surface area contributed by atoms with Crippen LogP contribution in [0.15, 0.2) is 23.1 Å². The van der Waals surface area contributed by atoms with Crippen LogP contribution in [0.5, 0.6) is 5.75 Å². The van der Waals surface area contributed by atoms with Crippen molar-refractivity contribution >= 4 is 10.0 Å². The molecule has 1 aliphatic carbocycles. The molecule has 2 fully saturated rings. The van der Waals surface area contributed by atoms with E-state index in [1.165, 1.54) is 12.8 Å². The van der Waals surface area contributed by atoms with Crippen LogP contribution < -0.4 is 4.74 Å². The third-order valence-electron chi connectivity index (χ3n) is 4.50. The van der Waals surface area contributed by atoms with Gasteiger partial charge in [-0.1, -0.05) is 0 Å². The maximum Gasteiger partial charge on any atom is 0.243 e. The normalized spacial score (nSPS) is 24.4. The lowest BCUT2D eigenvalue weighted by atomic mass is 10.0. The number of hydrogen-bond acceptors (Lipinski definition) is 3. The van der Waals surface area contributed by atoms with Crippen molar-refractivity contribution in [2.45, 2.75) is 30.6 Å². The maximum atomic E-state index is 12.5. The van der Waals surface area contributed by atoms with Crippen molar-refractivity contribution in [2.75, 3.05) is 19.7 Å². The molecule has 1 aromatic carbocycles. The summed E-state index contributed by atoms with van der Waals surface area (Å²) in [5.41, 5.74) is 1.37. The van der Waals surface area contributed by atoms with E-state index < -0.39 is 10.0 Å². The smallest absolute Gasteiger partial charge is 0.243 e. The number of benzene rings is 1. The molecule has 102 valence electrons. The molecule has 0 unspecified atom stereocenters. The van der Waals surface area contributed by atoms with E-state index in [0.29, 0.717) is 23.4 Å². The Hall–Kier alpha value is -1.07. The van der Waals surface area contributed by atoms with Crippen LogP contribution in [0, 0.1) is 5.41 Å². The molecule has 4 nitrogen and oxygen atoms in total. The van der Waals surface area contributed by atoms with E-state index in [1.807, 2.05) is 0 Å². The third kappa shape index (κ3) is 1.79. The molecule has 0 atom stereocenters. The van der Waals surface area contributed by atoms with Crippen molar-refractivity contribution in [2.24, 2.45) is 5.41 Å². The van der Waals surface area contributed by atoms with Crippen molar-refractivity contribution in [3.8, 4) is 5.75 Å². The van der Waals surface area contributed by atoms with E-state index in [1.54, 1.807) is 22.5 Å². The van der Waals surface area contributed by atoms with Crippen LogP contribution in [0.1, 0.15) is 24.8 Å². The fourth-order valence-electron chi connectivity index (χ4n) is 3.01. The van der Waals surface area contributed by atoms with Crippen molar-refractivity contribution in [1.82, 2.24) is 4.31 Å². The van der Waals surface area contributed by atoms with Crippen LogP contribution in [-0.4, -0.2) is 32.4 Å². The number of sulfonamides is 1. The Balaban J connectivity index is 1.64. The zero-order valence-electron chi connectivity index (χ0n) is 10.8. The predicted molar refractivity (Wildman–Crippen MR) is 70.7 cm³/mol. The molecule has 1 saturated heterocycles. The maximum absolute atomic E-state index is 12.5. The van der Waals surface area contributed by atoms with Gasteiger partial charge >= 0.3 is 0 Å². The van der Waals surface area contributed by atoms with Gasteiger partial charge < -0.3 is 4.74 Å². The molecule has 19 heavy (non-hydrogen) atoms. The lowest BCUT2D eigenvalue weighted by molar-refractivity contribution is 0.178. The molecule has 1 saturated carbocycles. The summed E-state index contributed by atoms with van der Waals surface area (Å²) in [6.45, 7) is 2.15. The molecule has 0 amide bonds. The number of rotatable bonds is 2. The summed E-state index contributed by atoms with van der Waals surface area (Å²) in [6.07, 6.45) is 4.25. The summed E-state index contributed by atoms with van der Waals surface area (Å²) in [7, 11) is -3.29. The molecule has 4 rings (SSSR count). The SMILES string of the molecule is O=S(=O)(c1ccc2c(c1)CCCO2)N1CC2(CC2)C1. The first-order valence-electron chi connectivity index (χ1n) is 6.85. The Morgan fingerprint density at radius 3 is 2.74 bits per heavy atom. The quantitative estimate of drug-likeness (QED) is 0.829. The first-order chi connectivity index (χ1) is 9.09. The van der Waals surface area contributed by atoms with Crippen molar-refractivity contribution in [3.05, 3.63) is 23.8 Å². The minimum atomic E-state index is -3.29. The van der Waals surface area contributed by atoms with Gasteiger partial charge in [-0.15, -0.1) is 0 Å². The Morgan fingerprint density at radius 1 is 1.21 bits per heavy atom. The van der Waals surface area contributed by atoms with Gasteiger partial charge in [-0.25, -0.2) is 8.42 Å². The number of fused-ring (bicyclic) bond motifs is 1. The summed E-state index contributed by atoms with van der Waals surface area (Å²) in [5, 5.41) is 0. The molecule has 3 aliphatic rings. The van der Waals surface area contributed by atoms with Gasteiger partial charge in [-0.3, -0.25) is 0 Å². The lowest BCUT2D eigenvalue weighted by Crippen LogP contribution is -2.51. The number of aryl methyl sites for hydroxylation is 1. The van der Waals surface area contributed by atoms with Gasteiger partial charge in [0.1, 0.15) is 5.75 Å². The largest absolute Gasteiger partial charge is 0.493 e. The minimum absolute atomic E-state index is 0.352. The molecule has 1 spiro atoms. The number of hydrogen-bond donors (Lipinski definition) is 0. The second-order valence-corrected chi connectivity index (χ2v) is 7.93. The van der Waals surface area contributed by atoms with Gasteiger partial charge in [0, 0.05) is 13.1 Å². The fraction of sp³-hybridized carbons (Fsp3) is 0.571. The Labute approximate surface area is 113 Å². The van der Waals surface area contributed by atoms with E-state index >= 15 is 0 Å². The molecule has 1 aromatic rings.